The first-order chi connectivity index (χ1) is 15.4. The van der Waals surface area contributed by atoms with Gasteiger partial charge in [0.1, 0.15) is 11.6 Å². The number of nitrogens with zero attached hydrogens (tertiary/aromatic N) is 4. The molecule has 172 valence electrons. The predicted molar refractivity (Wildman–Crippen MR) is 111 cm³/mol. The van der Waals surface area contributed by atoms with Gasteiger partial charge in [-0.15, -0.1) is 0 Å². The van der Waals surface area contributed by atoms with Gasteiger partial charge >= 0.3 is 0 Å². The molecule has 2 aliphatic heterocycles. The molecule has 4 rings (SSSR count). The van der Waals surface area contributed by atoms with Gasteiger partial charge in [0.05, 0.1) is 18.9 Å². The zero-order valence-corrected chi connectivity index (χ0v) is 17.9. The maximum Gasteiger partial charge on any atom is 0.260 e. The fraction of sp³-hybridized carbons (Fsp3) is 0.522. The minimum atomic E-state index is -1.85. The molecule has 2 fully saturated rings. The lowest BCUT2D eigenvalue weighted by Gasteiger charge is -2.40. The third-order valence-electron chi connectivity index (χ3n) is 6.34. The fourth-order valence-electron chi connectivity index (χ4n) is 4.33. The Morgan fingerprint density at radius 2 is 1.75 bits per heavy atom. The van der Waals surface area contributed by atoms with Crippen LogP contribution in [0.3, 0.4) is 0 Å². The molecule has 0 saturated carbocycles. The van der Waals surface area contributed by atoms with Crippen molar-refractivity contribution in [1.82, 2.24) is 20.0 Å². The van der Waals surface area contributed by atoms with Crippen LogP contribution in [0.2, 0.25) is 0 Å². The maximum atomic E-state index is 15.5. The number of amides is 1. The third-order valence-corrected chi connectivity index (χ3v) is 6.34. The lowest BCUT2D eigenvalue weighted by atomic mass is 9.90. The molecular weight excluding hydrogens is 421 g/mol. The SMILES string of the molecule is O=C(N1CCC(OCc2c(F)cccc2F)CC1)C1(F)CCN(Cc2ccnnc2)CC1. The number of hydrogen-bond acceptors (Lipinski definition) is 5. The van der Waals surface area contributed by atoms with Crippen molar-refractivity contribution < 1.29 is 22.7 Å². The van der Waals surface area contributed by atoms with Crippen LogP contribution in [0.25, 0.3) is 0 Å². The highest BCUT2D eigenvalue weighted by Crippen LogP contribution is 2.31. The number of halogens is 3. The minimum absolute atomic E-state index is 0.0944. The van der Waals surface area contributed by atoms with Gasteiger partial charge in [0, 0.05) is 57.3 Å². The molecule has 0 N–H and O–H groups in total. The van der Waals surface area contributed by atoms with Gasteiger partial charge in [-0.05, 0) is 36.6 Å². The number of carbonyl (C=O) groups excluding carboxylic acids is 1. The first-order valence-electron chi connectivity index (χ1n) is 11.0. The molecule has 1 aromatic heterocycles. The van der Waals surface area contributed by atoms with Gasteiger partial charge in [-0.3, -0.25) is 9.69 Å². The number of rotatable bonds is 6. The van der Waals surface area contributed by atoms with Crippen molar-refractivity contribution in [3.8, 4) is 0 Å². The second kappa shape index (κ2) is 9.95. The first-order valence-corrected chi connectivity index (χ1v) is 11.0. The zero-order valence-electron chi connectivity index (χ0n) is 17.9. The van der Waals surface area contributed by atoms with Gasteiger partial charge in [-0.25, -0.2) is 13.2 Å². The minimum Gasteiger partial charge on any atom is -0.373 e. The Morgan fingerprint density at radius 3 is 2.38 bits per heavy atom. The fourth-order valence-corrected chi connectivity index (χ4v) is 4.33. The summed E-state index contributed by atoms with van der Waals surface area (Å²) in [5, 5.41) is 7.61. The van der Waals surface area contributed by atoms with Crippen LogP contribution < -0.4 is 0 Å². The molecule has 6 nitrogen and oxygen atoms in total. The largest absolute Gasteiger partial charge is 0.373 e. The lowest BCUT2D eigenvalue weighted by molar-refractivity contribution is -0.150. The number of alkyl halides is 1. The molecule has 0 atom stereocenters. The van der Waals surface area contributed by atoms with Crippen LogP contribution in [0.15, 0.2) is 36.7 Å². The predicted octanol–water partition coefficient (Wildman–Crippen LogP) is 3.27. The van der Waals surface area contributed by atoms with E-state index in [0.29, 0.717) is 45.6 Å². The van der Waals surface area contributed by atoms with Crippen LogP contribution in [0.4, 0.5) is 13.2 Å². The maximum absolute atomic E-state index is 15.5. The van der Waals surface area contributed by atoms with E-state index >= 15 is 4.39 Å². The Labute approximate surface area is 185 Å². The molecule has 0 aliphatic carbocycles. The van der Waals surface area contributed by atoms with E-state index in [0.717, 1.165) is 5.56 Å². The van der Waals surface area contributed by atoms with E-state index in [2.05, 4.69) is 15.1 Å². The molecule has 1 aromatic carbocycles. The average molecular weight is 448 g/mol. The number of carbonyl (C=O) groups is 1. The summed E-state index contributed by atoms with van der Waals surface area (Å²) in [6.07, 6.45) is 4.45. The van der Waals surface area contributed by atoms with Gasteiger partial charge in [-0.1, -0.05) is 6.07 Å². The molecule has 0 bridgehead atoms. The Balaban J connectivity index is 1.23. The zero-order chi connectivity index (χ0) is 22.6. The molecule has 2 saturated heterocycles. The van der Waals surface area contributed by atoms with E-state index in [1.165, 1.54) is 18.2 Å². The average Bonchev–Trinajstić information content (AvgIpc) is 2.81. The number of likely N-dealkylation sites (tertiary alicyclic amines) is 2. The van der Waals surface area contributed by atoms with E-state index in [1.54, 1.807) is 17.3 Å². The number of piperidine rings is 2. The first kappa shape index (κ1) is 22.7. The second-order valence-electron chi connectivity index (χ2n) is 8.49. The van der Waals surface area contributed by atoms with Crippen molar-refractivity contribution in [2.45, 2.75) is 50.6 Å². The van der Waals surface area contributed by atoms with Crippen LogP contribution >= 0.6 is 0 Å². The van der Waals surface area contributed by atoms with E-state index in [-0.39, 0.29) is 31.1 Å². The number of benzene rings is 1. The smallest absolute Gasteiger partial charge is 0.260 e. The normalized spacial score (nSPS) is 19.8. The molecule has 0 radical (unpaired) electrons. The standard InChI is InChI=1S/C23H27F3N4O2/c24-20-2-1-3-21(25)19(20)16-32-18-5-10-30(11-6-18)22(31)23(26)7-12-29(13-8-23)15-17-4-9-27-28-14-17/h1-4,9,14,18H,5-8,10-13,15-16H2. The van der Waals surface area contributed by atoms with Crippen molar-refractivity contribution >= 4 is 5.91 Å². The summed E-state index contributed by atoms with van der Waals surface area (Å²) in [5.41, 5.74) is -0.935. The highest BCUT2D eigenvalue weighted by molar-refractivity contribution is 5.85. The monoisotopic (exact) mass is 448 g/mol. The number of ether oxygens (including phenoxy) is 1. The summed E-state index contributed by atoms with van der Waals surface area (Å²) in [7, 11) is 0. The van der Waals surface area contributed by atoms with Crippen molar-refractivity contribution in [2.24, 2.45) is 0 Å². The van der Waals surface area contributed by atoms with Crippen LogP contribution in [0.5, 0.6) is 0 Å². The highest BCUT2D eigenvalue weighted by atomic mass is 19.1. The Hall–Kier alpha value is -2.52. The molecule has 0 unspecified atom stereocenters. The van der Waals surface area contributed by atoms with Gasteiger partial charge in [0.15, 0.2) is 5.67 Å². The Kier molecular flexibility index (Phi) is 7.05. The summed E-state index contributed by atoms with van der Waals surface area (Å²) in [6.45, 7) is 2.25. The topological polar surface area (TPSA) is 58.6 Å². The molecule has 32 heavy (non-hydrogen) atoms. The molecule has 2 aliphatic rings. The van der Waals surface area contributed by atoms with E-state index < -0.39 is 23.2 Å². The lowest BCUT2D eigenvalue weighted by Crippen LogP contribution is -2.54. The van der Waals surface area contributed by atoms with Gasteiger partial charge in [0.25, 0.3) is 5.91 Å². The van der Waals surface area contributed by atoms with Crippen molar-refractivity contribution in [1.29, 1.82) is 0 Å². The Morgan fingerprint density at radius 1 is 1.06 bits per heavy atom. The van der Waals surface area contributed by atoms with Crippen molar-refractivity contribution in [3.63, 3.8) is 0 Å². The van der Waals surface area contributed by atoms with Crippen molar-refractivity contribution in [2.75, 3.05) is 26.2 Å². The molecule has 0 spiro atoms. The van der Waals surface area contributed by atoms with E-state index in [4.69, 9.17) is 4.74 Å². The van der Waals surface area contributed by atoms with Gasteiger partial charge in [-0.2, -0.15) is 10.2 Å². The number of aromatic nitrogens is 2. The van der Waals surface area contributed by atoms with Gasteiger partial charge < -0.3 is 9.64 Å². The quantitative estimate of drug-likeness (QED) is 0.679. The van der Waals surface area contributed by atoms with E-state index in [1.807, 2.05) is 6.07 Å². The summed E-state index contributed by atoms with van der Waals surface area (Å²) in [5.74, 6) is -1.73. The summed E-state index contributed by atoms with van der Waals surface area (Å²) < 4.78 is 48.6. The molecular formula is C23H27F3N4O2. The van der Waals surface area contributed by atoms with E-state index in [9.17, 15) is 13.6 Å². The number of hydrogen-bond donors (Lipinski definition) is 0. The second-order valence-corrected chi connectivity index (χ2v) is 8.49. The highest BCUT2D eigenvalue weighted by Gasteiger charge is 2.44. The van der Waals surface area contributed by atoms with Crippen LogP contribution in [0, 0.1) is 11.6 Å². The van der Waals surface area contributed by atoms with Crippen LogP contribution in [0.1, 0.15) is 36.8 Å². The summed E-state index contributed by atoms with van der Waals surface area (Å²) >= 11 is 0. The Bertz CT molecular complexity index is 894. The third kappa shape index (κ3) is 5.27. The summed E-state index contributed by atoms with van der Waals surface area (Å²) in [4.78, 5) is 16.6. The van der Waals surface area contributed by atoms with Gasteiger partial charge in [0.2, 0.25) is 0 Å². The summed E-state index contributed by atoms with van der Waals surface area (Å²) in [6, 6.07) is 5.58. The van der Waals surface area contributed by atoms with Crippen LogP contribution in [-0.2, 0) is 22.7 Å². The molecule has 1 amide bonds. The molecule has 2 aromatic rings. The van der Waals surface area contributed by atoms with Crippen LogP contribution in [-0.4, -0.2) is 63.9 Å². The van der Waals surface area contributed by atoms with Crippen molar-refractivity contribution in [3.05, 3.63) is 59.4 Å². The molecule has 9 heteroatoms. The molecule has 3 heterocycles.